The molecule has 0 aliphatic carbocycles. The molecule has 1 atom stereocenters. The van der Waals surface area contributed by atoms with Crippen LogP contribution < -0.4 is 5.32 Å². The number of nitro benzene ring substituents is 1. The molecule has 0 spiro atoms. The first kappa shape index (κ1) is 16.8. The summed E-state index contributed by atoms with van der Waals surface area (Å²) < 4.78 is 0.700. The average Bonchev–Trinajstić information content (AvgIpc) is 2.36. The van der Waals surface area contributed by atoms with Crippen LogP contribution in [0.4, 0.5) is 5.69 Å². The van der Waals surface area contributed by atoms with E-state index in [1.54, 1.807) is 6.07 Å². The normalized spacial score (nSPS) is 12.2. The van der Waals surface area contributed by atoms with Gasteiger partial charge < -0.3 is 10.2 Å². The summed E-state index contributed by atoms with van der Waals surface area (Å²) in [5.74, 6) is -0.274. The van der Waals surface area contributed by atoms with E-state index < -0.39 is 4.92 Å². The van der Waals surface area contributed by atoms with Crippen molar-refractivity contribution >= 4 is 34.2 Å². The maximum atomic E-state index is 12.1. The van der Waals surface area contributed by atoms with E-state index >= 15 is 0 Å². The van der Waals surface area contributed by atoms with Crippen LogP contribution in [0.25, 0.3) is 0 Å². The second-order valence-corrected chi connectivity index (χ2v) is 6.05. The van der Waals surface area contributed by atoms with Gasteiger partial charge in [0.25, 0.3) is 11.6 Å². The number of halogens is 1. The molecule has 6 nitrogen and oxygen atoms in total. The Kier molecular flexibility index (Phi) is 6.34. The Bertz CT molecular complexity index is 506. The minimum absolute atomic E-state index is 0.0139. The number of hydrogen-bond donors (Lipinski definition) is 1. The summed E-state index contributed by atoms with van der Waals surface area (Å²) in [4.78, 5) is 24.4. The number of rotatable bonds is 6. The molecule has 0 aliphatic rings. The van der Waals surface area contributed by atoms with Gasteiger partial charge in [-0.3, -0.25) is 14.9 Å². The van der Waals surface area contributed by atoms with Gasteiger partial charge in [0.2, 0.25) is 0 Å². The third kappa shape index (κ3) is 5.04. The Labute approximate surface area is 131 Å². The summed E-state index contributed by atoms with van der Waals surface area (Å²) in [5, 5.41) is 13.6. The topological polar surface area (TPSA) is 75.5 Å². The fraction of sp³-hybridized carbons (Fsp3) is 0.462. The van der Waals surface area contributed by atoms with Gasteiger partial charge in [0.15, 0.2) is 0 Å². The molecule has 1 aromatic carbocycles. The number of nitrogens with zero attached hydrogens (tertiary/aromatic N) is 2. The highest BCUT2D eigenvalue weighted by atomic mass is 127. The number of nitrogens with one attached hydrogen (secondary N) is 1. The zero-order valence-electron chi connectivity index (χ0n) is 11.7. The molecule has 0 saturated heterocycles. The second-order valence-electron chi connectivity index (χ2n) is 4.89. The summed E-state index contributed by atoms with van der Waals surface area (Å²) in [5.41, 5.74) is 0.271. The standard InChI is InChI=1S/C13H18IN3O3/c1-9(6-7-16(2)3)15-13(18)11-8-10(17(19)20)4-5-12(11)14/h4-5,8-9H,6-7H2,1-3H3,(H,15,18). The van der Waals surface area contributed by atoms with Crippen LogP contribution in [-0.2, 0) is 0 Å². The summed E-state index contributed by atoms with van der Waals surface area (Å²) >= 11 is 2.00. The van der Waals surface area contributed by atoms with E-state index in [2.05, 4.69) is 5.32 Å². The molecule has 0 aromatic heterocycles. The average molecular weight is 391 g/mol. The number of amides is 1. The molecule has 0 radical (unpaired) electrons. The Morgan fingerprint density at radius 3 is 2.70 bits per heavy atom. The second kappa shape index (κ2) is 7.53. The van der Waals surface area contributed by atoms with Crippen LogP contribution in [0.5, 0.6) is 0 Å². The monoisotopic (exact) mass is 391 g/mol. The molecular weight excluding hydrogens is 373 g/mol. The van der Waals surface area contributed by atoms with Crippen molar-refractivity contribution in [2.24, 2.45) is 0 Å². The number of hydrogen-bond acceptors (Lipinski definition) is 4. The van der Waals surface area contributed by atoms with Crippen molar-refractivity contribution in [2.75, 3.05) is 20.6 Å². The molecule has 1 N–H and O–H groups in total. The minimum atomic E-state index is -0.498. The van der Waals surface area contributed by atoms with Gasteiger partial charge in [-0.05, 0) is 62.6 Å². The molecule has 110 valence electrons. The Balaban J connectivity index is 2.76. The van der Waals surface area contributed by atoms with Crippen molar-refractivity contribution in [1.82, 2.24) is 10.2 Å². The van der Waals surface area contributed by atoms with Crippen LogP contribution in [0.3, 0.4) is 0 Å². The Morgan fingerprint density at radius 2 is 2.15 bits per heavy atom. The van der Waals surface area contributed by atoms with Crippen molar-refractivity contribution in [3.63, 3.8) is 0 Å². The van der Waals surface area contributed by atoms with E-state index in [1.165, 1.54) is 12.1 Å². The van der Waals surface area contributed by atoms with Gasteiger partial charge in [0.05, 0.1) is 10.5 Å². The molecule has 0 saturated carbocycles. The fourth-order valence-corrected chi connectivity index (χ4v) is 2.21. The van der Waals surface area contributed by atoms with Crippen molar-refractivity contribution in [1.29, 1.82) is 0 Å². The van der Waals surface area contributed by atoms with E-state index in [0.29, 0.717) is 9.13 Å². The lowest BCUT2D eigenvalue weighted by molar-refractivity contribution is -0.384. The zero-order valence-corrected chi connectivity index (χ0v) is 13.9. The molecule has 20 heavy (non-hydrogen) atoms. The highest BCUT2D eigenvalue weighted by Gasteiger charge is 2.17. The van der Waals surface area contributed by atoms with Crippen LogP contribution in [-0.4, -0.2) is 42.4 Å². The van der Waals surface area contributed by atoms with Gasteiger partial charge in [-0.25, -0.2) is 0 Å². The Morgan fingerprint density at radius 1 is 1.50 bits per heavy atom. The number of nitro groups is 1. The third-order valence-electron chi connectivity index (χ3n) is 2.79. The van der Waals surface area contributed by atoms with Crippen LogP contribution >= 0.6 is 22.6 Å². The maximum absolute atomic E-state index is 12.1. The number of benzene rings is 1. The van der Waals surface area contributed by atoms with Gasteiger partial charge in [0.1, 0.15) is 0 Å². The quantitative estimate of drug-likeness (QED) is 0.459. The molecule has 1 amide bonds. The smallest absolute Gasteiger partial charge is 0.270 e. The van der Waals surface area contributed by atoms with Crippen LogP contribution in [0, 0.1) is 13.7 Å². The van der Waals surface area contributed by atoms with Crippen molar-refractivity contribution in [2.45, 2.75) is 19.4 Å². The molecule has 0 fully saturated rings. The lowest BCUT2D eigenvalue weighted by Gasteiger charge is -2.17. The Hall–Kier alpha value is -1.22. The van der Waals surface area contributed by atoms with E-state index in [1.807, 2.05) is 48.5 Å². The van der Waals surface area contributed by atoms with Crippen LogP contribution in [0.15, 0.2) is 18.2 Å². The molecule has 0 aliphatic heterocycles. The van der Waals surface area contributed by atoms with Gasteiger partial charge in [-0.2, -0.15) is 0 Å². The van der Waals surface area contributed by atoms with Crippen LogP contribution in [0.1, 0.15) is 23.7 Å². The lowest BCUT2D eigenvalue weighted by Crippen LogP contribution is -2.35. The summed E-state index contributed by atoms with van der Waals surface area (Å²) in [6, 6.07) is 4.31. The maximum Gasteiger partial charge on any atom is 0.270 e. The molecule has 1 rings (SSSR count). The van der Waals surface area contributed by atoms with E-state index in [0.717, 1.165) is 13.0 Å². The van der Waals surface area contributed by atoms with Gasteiger partial charge >= 0.3 is 0 Å². The predicted molar refractivity (Wildman–Crippen MR) is 85.9 cm³/mol. The first-order valence-corrected chi connectivity index (χ1v) is 7.28. The van der Waals surface area contributed by atoms with Gasteiger partial charge in [0, 0.05) is 21.7 Å². The molecule has 0 heterocycles. The zero-order chi connectivity index (χ0) is 15.3. The summed E-state index contributed by atoms with van der Waals surface area (Å²) in [6.07, 6.45) is 0.824. The first-order valence-electron chi connectivity index (χ1n) is 6.20. The number of non-ortho nitro benzene ring substituents is 1. The SMILES string of the molecule is CC(CCN(C)C)NC(=O)c1cc([N+](=O)[O-])ccc1I. The molecule has 1 aromatic rings. The summed E-state index contributed by atoms with van der Waals surface area (Å²) in [6.45, 7) is 2.79. The van der Waals surface area contributed by atoms with E-state index in [9.17, 15) is 14.9 Å². The van der Waals surface area contributed by atoms with Gasteiger partial charge in [-0.15, -0.1) is 0 Å². The van der Waals surface area contributed by atoms with Crippen molar-refractivity contribution in [3.8, 4) is 0 Å². The van der Waals surface area contributed by atoms with Crippen molar-refractivity contribution in [3.05, 3.63) is 37.4 Å². The van der Waals surface area contributed by atoms with Crippen molar-refractivity contribution < 1.29 is 9.72 Å². The van der Waals surface area contributed by atoms with Crippen LogP contribution in [0.2, 0.25) is 0 Å². The number of carbonyl (C=O) groups excluding carboxylic acids is 1. The number of carbonyl (C=O) groups is 1. The molecular formula is C13H18IN3O3. The molecule has 7 heteroatoms. The van der Waals surface area contributed by atoms with E-state index in [-0.39, 0.29) is 17.6 Å². The molecule has 0 bridgehead atoms. The largest absolute Gasteiger partial charge is 0.350 e. The first-order chi connectivity index (χ1) is 9.31. The minimum Gasteiger partial charge on any atom is -0.350 e. The highest BCUT2D eigenvalue weighted by Crippen LogP contribution is 2.19. The molecule has 1 unspecified atom stereocenters. The lowest BCUT2D eigenvalue weighted by atomic mass is 10.1. The fourth-order valence-electron chi connectivity index (χ4n) is 1.63. The van der Waals surface area contributed by atoms with Gasteiger partial charge in [-0.1, -0.05) is 0 Å². The predicted octanol–water partition coefficient (Wildman–Crippen LogP) is 2.27. The highest BCUT2D eigenvalue weighted by molar-refractivity contribution is 14.1. The van der Waals surface area contributed by atoms with E-state index in [4.69, 9.17) is 0 Å². The summed E-state index contributed by atoms with van der Waals surface area (Å²) in [7, 11) is 3.94. The third-order valence-corrected chi connectivity index (χ3v) is 3.73.